The van der Waals surface area contributed by atoms with Crippen molar-refractivity contribution in [2.75, 3.05) is 6.61 Å². The van der Waals surface area contributed by atoms with Crippen LogP contribution in [-0.4, -0.2) is 34.9 Å². The molecule has 390 valence electrons. The quantitative estimate of drug-likeness (QED) is 0.0420. The number of unbranched alkanes of at least 4 members (excludes halogenated alkanes) is 43. The van der Waals surface area contributed by atoms with Crippen LogP contribution < -0.4 is 5.32 Å². The van der Waals surface area contributed by atoms with E-state index in [2.05, 4.69) is 55.6 Å². The summed E-state index contributed by atoms with van der Waals surface area (Å²) in [6, 6.07) is -0.538. The highest BCUT2D eigenvalue weighted by Crippen LogP contribution is 2.18. The fraction of sp³-hybridized carbons (Fsp3) is 0.887. The molecule has 0 aromatic rings. The zero-order chi connectivity index (χ0) is 47.7. The summed E-state index contributed by atoms with van der Waals surface area (Å²) in [5, 5.41) is 23.4. The Bertz CT molecular complexity index is 1010. The van der Waals surface area contributed by atoms with Gasteiger partial charge in [0.05, 0.1) is 18.8 Å². The summed E-state index contributed by atoms with van der Waals surface area (Å²) < 4.78 is 0. The maximum Gasteiger partial charge on any atom is 0.220 e. The number of aliphatic hydroxyl groups is 2. The van der Waals surface area contributed by atoms with Crippen LogP contribution in [0, 0.1) is 0 Å². The van der Waals surface area contributed by atoms with E-state index in [1.165, 1.54) is 270 Å². The first-order chi connectivity index (χ1) is 32.7. The van der Waals surface area contributed by atoms with Gasteiger partial charge in [0.25, 0.3) is 0 Å². The van der Waals surface area contributed by atoms with Gasteiger partial charge in [-0.15, -0.1) is 0 Å². The normalized spacial score (nSPS) is 13.0. The Kier molecular flexibility index (Phi) is 56.7. The minimum Gasteiger partial charge on any atom is -0.394 e. The number of allylic oxidation sites excluding steroid dienone is 6. The standard InChI is InChI=1S/C62H119NO3/c1-3-5-7-9-11-13-15-17-19-21-23-25-27-29-30-31-32-34-36-38-40-42-44-46-48-50-52-54-56-58-62(66)63-60(59-64)61(65)57-55-53-51-49-47-45-43-41-39-37-35-33-28-26-24-22-20-18-16-14-12-10-8-6-4-2/h15,17,21,23,27,29,60-61,64-65H,3-14,16,18-20,22,24-26,28,30-59H2,1-2H3,(H,63,66)/b17-15-,23-21-,29-27-. The fourth-order valence-electron chi connectivity index (χ4n) is 9.55. The molecule has 0 aromatic carbocycles. The van der Waals surface area contributed by atoms with Crippen molar-refractivity contribution in [1.82, 2.24) is 5.32 Å². The van der Waals surface area contributed by atoms with E-state index >= 15 is 0 Å². The van der Waals surface area contributed by atoms with Crippen LogP contribution in [0.25, 0.3) is 0 Å². The fourth-order valence-corrected chi connectivity index (χ4v) is 9.55. The van der Waals surface area contributed by atoms with E-state index < -0.39 is 12.1 Å². The lowest BCUT2D eigenvalue weighted by atomic mass is 10.0. The maximum atomic E-state index is 12.5. The maximum absolute atomic E-state index is 12.5. The highest BCUT2D eigenvalue weighted by molar-refractivity contribution is 5.76. The van der Waals surface area contributed by atoms with Crippen LogP contribution in [0.15, 0.2) is 36.5 Å². The van der Waals surface area contributed by atoms with E-state index in [0.29, 0.717) is 12.8 Å². The molecule has 0 rings (SSSR count). The Morgan fingerprint density at radius 3 is 0.924 bits per heavy atom. The number of carbonyl (C=O) groups is 1. The predicted molar refractivity (Wildman–Crippen MR) is 295 cm³/mol. The van der Waals surface area contributed by atoms with Gasteiger partial charge in [0.15, 0.2) is 0 Å². The Morgan fingerprint density at radius 1 is 0.364 bits per heavy atom. The molecule has 0 saturated heterocycles. The predicted octanol–water partition coefficient (Wildman–Crippen LogP) is 20.0. The minimum atomic E-state index is -0.661. The second-order valence-corrected chi connectivity index (χ2v) is 20.8. The molecule has 0 bridgehead atoms. The lowest BCUT2D eigenvalue weighted by Crippen LogP contribution is -2.45. The molecule has 2 atom stereocenters. The number of rotatable bonds is 56. The van der Waals surface area contributed by atoms with E-state index in [9.17, 15) is 15.0 Å². The molecule has 4 heteroatoms. The molecule has 0 aliphatic heterocycles. The van der Waals surface area contributed by atoms with E-state index in [-0.39, 0.29) is 12.5 Å². The summed E-state index contributed by atoms with van der Waals surface area (Å²) in [6.45, 7) is 4.38. The minimum absolute atomic E-state index is 0.0272. The molecule has 0 fully saturated rings. The Morgan fingerprint density at radius 2 is 0.621 bits per heavy atom. The van der Waals surface area contributed by atoms with Crippen molar-refractivity contribution in [3.63, 3.8) is 0 Å². The van der Waals surface area contributed by atoms with Crippen LogP contribution in [0.1, 0.15) is 335 Å². The molecule has 0 radical (unpaired) electrons. The second-order valence-electron chi connectivity index (χ2n) is 20.8. The number of amides is 1. The Labute approximate surface area is 414 Å². The third kappa shape index (κ3) is 53.6. The first kappa shape index (κ1) is 64.6. The van der Waals surface area contributed by atoms with E-state index in [0.717, 1.165) is 38.5 Å². The van der Waals surface area contributed by atoms with Crippen LogP contribution in [0.4, 0.5) is 0 Å². The Balaban J connectivity index is 3.44. The summed E-state index contributed by atoms with van der Waals surface area (Å²) in [5.41, 5.74) is 0. The average Bonchev–Trinajstić information content (AvgIpc) is 3.32. The van der Waals surface area contributed by atoms with Crippen molar-refractivity contribution in [3.8, 4) is 0 Å². The van der Waals surface area contributed by atoms with Crippen molar-refractivity contribution >= 4 is 5.91 Å². The lowest BCUT2D eigenvalue weighted by Gasteiger charge is -2.22. The van der Waals surface area contributed by atoms with Crippen molar-refractivity contribution in [1.29, 1.82) is 0 Å². The topological polar surface area (TPSA) is 69.6 Å². The number of aliphatic hydroxyl groups excluding tert-OH is 2. The monoisotopic (exact) mass is 926 g/mol. The van der Waals surface area contributed by atoms with Gasteiger partial charge in [-0.05, 0) is 51.4 Å². The van der Waals surface area contributed by atoms with Crippen molar-refractivity contribution in [3.05, 3.63) is 36.5 Å². The van der Waals surface area contributed by atoms with Crippen molar-refractivity contribution in [2.24, 2.45) is 0 Å². The number of carbonyl (C=O) groups excluding carboxylic acids is 1. The SMILES string of the molecule is CCCCCCC/C=C\C/C=C\C/C=C\CCCCCCCCCCCCCCCCC(=O)NC(CO)C(O)CCCCCCCCCCCCCCCCCCCCCCCCCCC. The van der Waals surface area contributed by atoms with Crippen LogP contribution in [0.3, 0.4) is 0 Å². The Hall–Kier alpha value is -1.39. The van der Waals surface area contributed by atoms with Gasteiger partial charge in [0, 0.05) is 6.42 Å². The molecule has 1 amide bonds. The molecule has 2 unspecified atom stereocenters. The number of nitrogens with one attached hydrogen (secondary N) is 1. The molecule has 0 aliphatic rings. The lowest BCUT2D eigenvalue weighted by molar-refractivity contribution is -0.123. The smallest absolute Gasteiger partial charge is 0.220 e. The number of hydrogen-bond donors (Lipinski definition) is 3. The summed E-state index contributed by atoms with van der Waals surface area (Å²) in [4.78, 5) is 12.5. The van der Waals surface area contributed by atoms with Crippen molar-refractivity contribution < 1.29 is 15.0 Å². The molecular formula is C62H119NO3. The van der Waals surface area contributed by atoms with Crippen LogP contribution in [-0.2, 0) is 4.79 Å². The van der Waals surface area contributed by atoms with Crippen LogP contribution >= 0.6 is 0 Å². The van der Waals surface area contributed by atoms with Gasteiger partial charge in [0.2, 0.25) is 5.91 Å². The summed E-state index contributed by atoms with van der Waals surface area (Å²) in [6.07, 6.45) is 78.6. The highest BCUT2D eigenvalue weighted by Gasteiger charge is 2.20. The van der Waals surface area contributed by atoms with Crippen molar-refractivity contribution in [2.45, 2.75) is 347 Å². The van der Waals surface area contributed by atoms with Gasteiger partial charge in [-0.2, -0.15) is 0 Å². The largest absolute Gasteiger partial charge is 0.394 e. The molecule has 66 heavy (non-hydrogen) atoms. The van der Waals surface area contributed by atoms with Crippen LogP contribution in [0.5, 0.6) is 0 Å². The summed E-state index contributed by atoms with van der Waals surface area (Å²) >= 11 is 0. The molecular weight excluding hydrogens is 807 g/mol. The van der Waals surface area contributed by atoms with Gasteiger partial charge < -0.3 is 15.5 Å². The molecule has 0 saturated carbocycles. The van der Waals surface area contributed by atoms with Gasteiger partial charge in [-0.1, -0.05) is 314 Å². The molecule has 0 heterocycles. The summed E-state index contributed by atoms with van der Waals surface area (Å²) in [7, 11) is 0. The average molecular weight is 927 g/mol. The highest BCUT2D eigenvalue weighted by atomic mass is 16.3. The molecule has 0 aliphatic carbocycles. The van der Waals surface area contributed by atoms with E-state index in [1.807, 2.05) is 0 Å². The van der Waals surface area contributed by atoms with Gasteiger partial charge >= 0.3 is 0 Å². The first-order valence-corrected chi connectivity index (χ1v) is 30.2. The third-order valence-corrected chi connectivity index (χ3v) is 14.2. The third-order valence-electron chi connectivity index (χ3n) is 14.2. The number of hydrogen-bond acceptors (Lipinski definition) is 3. The van der Waals surface area contributed by atoms with Gasteiger partial charge in [-0.3, -0.25) is 4.79 Å². The van der Waals surface area contributed by atoms with E-state index in [4.69, 9.17) is 0 Å². The molecule has 0 aromatic heterocycles. The van der Waals surface area contributed by atoms with Gasteiger partial charge in [0.1, 0.15) is 0 Å². The second kappa shape index (κ2) is 57.9. The molecule has 3 N–H and O–H groups in total. The zero-order valence-corrected chi connectivity index (χ0v) is 45.0. The van der Waals surface area contributed by atoms with Gasteiger partial charge in [-0.25, -0.2) is 0 Å². The summed E-state index contributed by atoms with van der Waals surface area (Å²) in [5.74, 6) is -0.0272. The molecule has 0 spiro atoms. The van der Waals surface area contributed by atoms with E-state index in [1.54, 1.807) is 0 Å². The zero-order valence-electron chi connectivity index (χ0n) is 45.0. The first-order valence-electron chi connectivity index (χ1n) is 30.2. The molecule has 4 nitrogen and oxygen atoms in total. The van der Waals surface area contributed by atoms with Crippen LogP contribution in [0.2, 0.25) is 0 Å².